The predicted molar refractivity (Wildman–Crippen MR) is 76.0 cm³/mol. The minimum atomic E-state index is -2.40. The number of esters is 1. The summed E-state index contributed by atoms with van der Waals surface area (Å²) >= 11 is 0. The highest BCUT2D eigenvalue weighted by Crippen LogP contribution is 2.45. The van der Waals surface area contributed by atoms with Gasteiger partial charge in [-0.2, -0.15) is 4.76 Å². The molecule has 0 saturated heterocycles. The Labute approximate surface area is 110 Å². The second-order valence-corrected chi connectivity index (χ2v) is 7.87. The highest BCUT2D eigenvalue weighted by molar-refractivity contribution is 7.62. The summed E-state index contributed by atoms with van der Waals surface area (Å²) in [6, 6.07) is 0. The van der Waals surface area contributed by atoms with Gasteiger partial charge in [0.15, 0.2) is 13.3 Å². The fourth-order valence-electron chi connectivity index (χ4n) is 1.01. The molecule has 0 aromatic carbocycles. The van der Waals surface area contributed by atoms with Crippen molar-refractivity contribution in [3.8, 4) is 0 Å². The first-order valence-corrected chi connectivity index (χ1v) is 7.87. The fourth-order valence-corrected chi connectivity index (χ4v) is 2.16. The zero-order valence-electron chi connectivity index (χ0n) is 12.2. The Bertz CT molecular complexity index is 323. The summed E-state index contributed by atoms with van der Waals surface area (Å²) < 4.78 is 19.9. The maximum absolute atomic E-state index is 11.4. The lowest BCUT2D eigenvalue weighted by atomic mass is 10.2. The molecule has 0 aromatic rings. The first-order valence-electron chi connectivity index (χ1n) is 5.84. The van der Waals surface area contributed by atoms with Crippen LogP contribution in [-0.2, 0) is 14.1 Å². The molecule has 0 unspecified atom stereocenters. The van der Waals surface area contributed by atoms with Crippen LogP contribution in [-0.4, -0.2) is 29.9 Å². The maximum Gasteiger partial charge on any atom is 0.303 e. The van der Waals surface area contributed by atoms with Gasteiger partial charge in [-0.1, -0.05) is 13.8 Å². The number of guanidine groups is 1. The van der Waals surface area contributed by atoms with Crippen LogP contribution in [0.15, 0.2) is 4.76 Å². The third-order valence-electron chi connectivity index (χ3n) is 1.74. The van der Waals surface area contributed by atoms with Crippen molar-refractivity contribution < 1.29 is 14.1 Å². The molecule has 0 rings (SSSR count). The molecule has 108 valence electrons. The zero-order chi connectivity index (χ0) is 15.0. The highest BCUT2D eigenvalue weighted by atomic mass is 31.2. The highest BCUT2D eigenvalue weighted by Gasteiger charge is 2.14. The molecule has 4 N–H and O–H groups in total. The van der Waals surface area contributed by atoms with Gasteiger partial charge in [0.1, 0.15) is 5.60 Å². The molecule has 0 aliphatic heterocycles. The maximum atomic E-state index is 11.4. The Morgan fingerprint density at radius 2 is 1.61 bits per heavy atom. The topological polar surface area (TPSA) is 108 Å². The van der Waals surface area contributed by atoms with Crippen LogP contribution in [0.1, 0.15) is 41.5 Å². The minimum absolute atomic E-state index is 0.0768. The second-order valence-electron chi connectivity index (χ2n) is 4.71. The monoisotopic (exact) mass is 279 g/mol. The van der Waals surface area contributed by atoms with E-state index in [9.17, 15) is 9.36 Å². The first kappa shape index (κ1) is 19.3. The van der Waals surface area contributed by atoms with E-state index in [-0.39, 0.29) is 17.5 Å². The van der Waals surface area contributed by atoms with E-state index in [0.29, 0.717) is 12.3 Å². The van der Waals surface area contributed by atoms with Gasteiger partial charge in [-0.05, 0) is 20.8 Å². The molecule has 0 amide bonds. The molecule has 18 heavy (non-hydrogen) atoms. The number of rotatable bonds is 3. The Kier molecular flexibility index (Phi) is 8.73. The average Bonchev–Trinajstić information content (AvgIpc) is 2.13. The van der Waals surface area contributed by atoms with Gasteiger partial charge in [0.25, 0.3) is 0 Å². The van der Waals surface area contributed by atoms with E-state index in [1.165, 1.54) is 6.92 Å². The van der Waals surface area contributed by atoms with Crippen LogP contribution in [0.25, 0.3) is 0 Å². The first-order chi connectivity index (χ1) is 7.95. The Morgan fingerprint density at radius 3 is 1.67 bits per heavy atom. The van der Waals surface area contributed by atoms with E-state index >= 15 is 0 Å². The van der Waals surface area contributed by atoms with Gasteiger partial charge >= 0.3 is 5.97 Å². The normalized spacial score (nSPS) is 11.0. The summed E-state index contributed by atoms with van der Waals surface area (Å²) in [7, 11) is -2.40. The van der Waals surface area contributed by atoms with E-state index in [0.717, 1.165) is 0 Å². The standard InChI is InChI=1S/C6H12O2.C5H14N3OP/c1-5(7)8-6(2,3)4;1-3-10(9,4-2)8-5(6)7/h1-4H3;3-4H2,1-2H3,(H4,6,7,8,9). The SMILES string of the molecule is CC(=O)OC(C)(C)C.CCP(=O)(CC)N=C(N)N. The summed E-state index contributed by atoms with van der Waals surface area (Å²) in [6.45, 7) is 10.6. The van der Waals surface area contributed by atoms with Crippen molar-refractivity contribution in [1.29, 1.82) is 0 Å². The molecule has 0 aliphatic carbocycles. The largest absolute Gasteiger partial charge is 0.460 e. The molecule has 0 fully saturated rings. The Balaban J connectivity index is 0. The molecule has 0 bridgehead atoms. The van der Waals surface area contributed by atoms with E-state index < -0.39 is 7.29 Å². The molecular weight excluding hydrogens is 253 g/mol. The average molecular weight is 279 g/mol. The molecule has 6 nitrogen and oxygen atoms in total. The van der Waals surface area contributed by atoms with E-state index in [2.05, 4.69) is 4.76 Å². The molecule has 0 aromatic heterocycles. The van der Waals surface area contributed by atoms with Crippen LogP contribution in [0.5, 0.6) is 0 Å². The van der Waals surface area contributed by atoms with Gasteiger partial charge in [-0.3, -0.25) is 9.36 Å². The summed E-state index contributed by atoms with van der Waals surface area (Å²) in [5, 5.41) is 0. The third-order valence-corrected chi connectivity index (χ3v) is 4.31. The van der Waals surface area contributed by atoms with Crippen molar-refractivity contribution in [2.24, 2.45) is 16.2 Å². The quantitative estimate of drug-likeness (QED) is 0.355. The van der Waals surface area contributed by atoms with Gasteiger partial charge in [-0.15, -0.1) is 0 Å². The Morgan fingerprint density at radius 1 is 1.22 bits per heavy atom. The molecule has 0 atom stereocenters. The molecule has 0 saturated carbocycles. The van der Waals surface area contributed by atoms with Crippen LogP contribution in [0, 0.1) is 0 Å². The number of carbonyl (C=O) groups is 1. The van der Waals surface area contributed by atoms with Crippen LogP contribution < -0.4 is 11.5 Å². The lowest BCUT2D eigenvalue weighted by molar-refractivity contribution is -0.151. The molecule has 0 spiro atoms. The van der Waals surface area contributed by atoms with Gasteiger partial charge in [0.05, 0.1) is 0 Å². The van der Waals surface area contributed by atoms with Crippen molar-refractivity contribution in [2.45, 2.75) is 47.1 Å². The number of nitrogens with two attached hydrogens (primary N) is 2. The molecule has 0 aliphatic rings. The van der Waals surface area contributed by atoms with Gasteiger partial charge < -0.3 is 16.2 Å². The molecule has 7 heteroatoms. The lowest BCUT2D eigenvalue weighted by Gasteiger charge is -2.17. The van der Waals surface area contributed by atoms with E-state index in [4.69, 9.17) is 16.2 Å². The minimum Gasteiger partial charge on any atom is -0.460 e. The van der Waals surface area contributed by atoms with Crippen molar-refractivity contribution in [1.82, 2.24) is 0 Å². The van der Waals surface area contributed by atoms with Crippen LogP contribution in [0.3, 0.4) is 0 Å². The number of hydrogen-bond acceptors (Lipinski definition) is 3. The van der Waals surface area contributed by atoms with Gasteiger partial charge in [0.2, 0.25) is 0 Å². The van der Waals surface area contributed by atoms with Crippen LogP contribution in [0.4, 0.5) is 0 Å². The van der Waals surface area contributed by atoms with Crippen molar-refractivity contribution in [3.63, 3.8) is 0 Å². The van der Waals surface area contributed by atoms with Crippen LogP contribution >= 0.6 is 7.29 Å². The predicted octanol–water partition coefficient (Wildman–Crippen LogP) is 1.93. The van der Waals surface area contributed by atoms with Crippen LogP contribution in [0.2, 0.25) is 0 Å². The van der Waals surface area contributed by atoms with E-state index in [1.54, 1.807) is 0 Å². The third kappa shape index (κ3) is 13.0. The Hall–Kier alpha value is -1.03. The second kappa shape index (κ2) is 8.14. The summed E-state index contributed by atoms with van der Waals surface area (Å²) in [5.41, 5.74) is 9.84. The summed E-state index contributed by atoms with van der Waals surface area (Å²) in [6.07, 6.45) is 1.06. The number of ether oxygens (including phenoxy) is 1. The molecule has 0 heterocycles. The zero-order valence-corrected chi connectivity index (χ0v) is 13.1. The number of carbonyl (C=O) groups excluding carboxylic acids is 1. The van der Waals surface area contributed by atoms with Gasteiger partial charge in [0, 0.05) is 19.2 Å². The van der Waals surface area contributed by atoms with Crippen molar-refractivity contribution >= 4 is 19.2 Å². The smallest absolute Gasteiger partial charge is 0.303 e. The fraction of sp³-hybridized carbons (Fsp3) is 0.818. The molecular formula is C11H26N3O3P. The summed E-state index contributed by atoms with van der Waals surface area (Å²) in [5.74, 6) is -0.301. The van der Waals surface area contributed by atoms with E-state index in [1.807, 2.05) is 34.6 Å². The number of nitrogens with zero attached hydrogens (tertiary/aromatic N) is 1. The van der Waals surface area contributed by atoms with Crippen molar-refractivity contribution in [3.05, 3.63) is 0 Å². The summed E-state index contributed by atoms with van der Waals surface area (Å²) in [4.78, 5) is 10.2. The van der Waals surface area contributed by atoms with Gasteiger partial charge in [-0.25, -0.2) is 0 Å². The van der Waals surface area contributed by atoms with Crippen molar-refractivity contribution in [2.75, 3.05) is 12.3 Å². The number of hydrogen-bond donors (Lipinski definition) is 2. The molecule has 0 radical (unpaired) electrons. The lowest BCUT2D eigenvalue weighted by Crippen LogP contribution is -2.22.